The van der Waals surface area contributed by atoms with Gasteiger partial charge in [0.15, 0.2) is 0 Å². The number of hydrogen-bond donors (Lipinski definition) is 1. The second-order valence-electron chi connectivity index (χ2n) is 7.95. The van der Waals surface area contributed by atoms with E-state index in [1.165, 1.54) is 11.4 Å². The molecule has 0 unspecified atom stereocenters. The molecule has 0 aliphatic carbocycles. The van der Waals surface area contributed by atoms with E-state index in [4.69, 9.17) is 9.47 Å². The second-order valence-corrected chi connectivity index (χ2v) is 9.93. The Bertz CT molecular complexity index is 1190. The number of hydrogen-bond acceptors (Lipinski definition) is 6. The summed E-state index contributed by atoms with van der Waals surface area (Å²) in [5.41, 5.74) is 2.96. The predicted octanol–water partition coefficient (Wildman–Crippen LogP) is 2.83. The third-order valence-corrected chi connectivity index (χ3v) is 7.45. The van der Waals surface area contributed by atoms with E-state index in [0.717, 1.165) is 5.56 Å². The van der Waals surface area contributed by atoms with Crippen LogP contribution in [0.25, 0.3) is 0 Å². The lowest BCUT2D eigenvalue weighted by Gasteiger charge is -2.20. The zero-order valence-electron chi connectivity index (χ0n) is 19.8. The van der Waals surface area contributed by atoms with Crippen LogP contribution >= 0.6 is 0 Å². The highest BCUT2D eigenvalue weighted by molar-refractivity contribution is 7.89. The van der Waals surface area contributed by atoms with E-state index in [1.807, 2.05) is 35.0 Å². The third-order valence-electron chi connectivity index (χ3n) is 5.28. The van der Waals surface area contributed by atoms with E-state index in [-0.39, 0.29) is 30.6 Å². The fourth-order valence-corrected chi connectivity index (χ4v) is 5.11. The maximum atomic E-state index is 13.0. The van der Waals surface area contributed by atoms with Crippen LogP contribution < -0.4 is 10.1 Å². The van der Waals surface area contributed by atoms with Crippen LogP contribution in [0.1, 0.15) is 16.7 Å². The Hall–Kier alpha value is -3.21. The SMILES string of the molecule is COc1cc(C)c(S(=O)(=O)N(C)CCOCC(=O)Nc2ccc(Cn3ccnc3)cc2)c(C)c1. The predicted molar refractivity (Wildman–Crippen MR) is 130 cm³/mol. The molecule has 0 fully saturated rings. The standard InChI is InChI=1S/C24H30N4O5S/c1-18-13-22(32-4)14-19(2)24(18)34(30,31)27(3)11-12-33-16-23(29)26-21-7-5-20(6-8-21)15-28-10-9-25-17-28/h5-10,13-14,17H,11-12,15-16H2,1-4H3,(H,26,29). The van der Waals surface area contributed by atoms with Crippen molar-refractivity contribution in [1.29, 1.82) is 0 Å². The molecule has 2 aromatic carbocycles. The van der Waals surface area contributed by atoms with E-state index < -0.39 is 10.0 Å². The van der Waals surface area contributed by atoms with Crippen LogP contribution in [0, 0.1) is 13.8 Å². The molecule has 182 valence electrons. The fourth-order valence-electron chi connectivity index (χ4n) is 3.55. The first-order valence-electron chi connectivity index (χ1n) is 10.7. The number of carbonyl (C=O) groups is 1. The Morgan fingerprint density at radius 3 is 2.41 bits per heavy atom. The summed E-state index contributed by atoms with van der Waals surface area (Å²) >= 11 is 0. The molecule has 34 heavy (non-hydrogen) atoms. The van der Waals surface area contributed by atoms with Crippen LogP contribution in [0.5, 0.6) is 5.75 Å². The average Bonchev–Trinajstić information content (AvgIpc) is 3.30. The molecule has 1 amide bonds. The van der Waals surface area contributed by atoms with Crippen LogP contribution in [0.4, 0.5) is 5.69 Å². The Kier molecular flexibility index (Phi) is 8.43. The Morgan fingerprint density at radius 1 is 1.15 bits per heavy atom. The lowest BCUT2D eigenvalue weighted by atomic mass is 10.1. The van der Waals surface area contributed by atoms with E-state index in [1.54, 1.807) is 45.6 Å². The largest absolute Gasteiger partial charge is 0.497 e. The molecule has 10 heteroatoms. The minimum Gasteiger partial charge on any atom is -0.497 e. The van der Waals surface area contributed by atoms with Gasteiger partial charge in [-0.15, -0.1) is 0 Å². The van der Waals surface area contributed by atoms with Gasteiger partial charge in [-0.05, 0) is 54.8 Å². The number of aryl methyl sites for hydroxylation is 2. The summed E-state index contributed by atoms with van der Waals surface area (Å²) in [6, 6.07) is 10.9. The van der Waals surface area contributed by atoms with Crippen molar-refractivity contribution in [3.8, 4) is 5.75 Å². The zero-order chi connectivity index (χ0) is 24.7. The van der Waals surface area contributed by atoms with Gasteiger partial charge in [0.05, 0.1) is 24.9 Å². The summed E-state index contributed by atoms with van der Waals surface area (Å²) in [6.07, 6.45) is 5.35. The van der Waals surface area contributed by atoms with Gasteiger partial charge in [0.25, 0.3) is 0 Å². The van der Waals surface area contributed by atoms with Crippen LogP contribution in [-0.4, -0.2) is 62.1 Å². The summed E-state index contributed by atoms with van der Waals surface area (Å²) < 4.78 is 39.8. The molecule has 0 spiro atoms. The van der Waals surface area contributed by atoms with Gasteiger partial charge in [0.2, 0.25) is 15.9 Å². The molecule has 9 nitrogen and oxygen atoms in total. The van der Waals surface area contributed by atoms with Gasteiger partial charge in [-0.2, -0.15) is 4.31 Å². The van der Waals surface area contributed by atoms with E-state index in [0.29, 0.717) is 29.1 Å². The number of likely N-dealkylation sites (N-methyl/N-ethyl adjacent to an activating group) is 1. The van der Waals surface area contributed by atoms with Crippen LogP contribution in [0.2, 0.25) is 0 Å². The number of rotatable bonds is 11. The molecule has 1 N–H and O–H groups in total. The molecule has 0 atom stereocenters. The smallest absolute Gasteiger partial charge is 0.250 e. The van der Waals surface area contributed by atoms with Gasteiger partial charge in [-0.25, -0.2) is 13.4 Å². The second kappa shape index (κ2) is 11.3. The van der Waals surface area contributed by atoms with Crippen molar-refractivity contribution in [3.05, 3.63) is 71.8 Å². The molecule has 1 heterocycles. The number of carbonyl (C=O) groups excluding carboxylic acids is 1. The Balaban J connectivity index is 1.46. The number of nitrogens with zero attached hydrogens (tertiary/aromatic N) is 3. The number of aromatic nitrogens is 2. The maximum absolute atomic E-state index is 13.0. The quantitative estimate of drug-likeness (QED) is 0.418. The number of ether oxygens (including phenoxy) is 2. The molecular weight excluding hydrogens is 456 g/mol. The number of benzene rings is 2. The Morgan fingerprint density at radius 2 is 1.82 bits per heavy atom. The molecular formula is C24H30N4O5S. The molecule has 0 saturated heterocycles. The number of imidazole rings is 1. The van der Waals surface area contributed by atoms with E-state index >= 15 is 0 Å². The summed E-state index contributed by atoms with van der Waals surface area (Å²) in [7, 11) is -0.671. The highest BCUT2D eigenvalue weighted by Crippen LogP contribution is 2.27. The van der Waals surface area contributed by atoms with Crippen LogP contribution in [0.15, 0.2) is 60.0 Å². The van der Waals surface area contributed by atoms with Crippen molar-refractivity contribution >= 4 is 21.6 Å². The van der Waals surface area contributed by atoms with Crippen molar-refractivity contribution in [2.75, 3.05) is 39.2 Å². The number of methoxy groups -OCH3 is 1. The van der Waals surface area contributed by atoms with Crippen molar-refractivity contribution in [1.82, 2.24) is 13.9 Å². The molecule has 1 aromatic heterocycles. The highest BCUT2D eigenvalue weighted by atomic mass is 32.2. The van der Waals surface area contributed by atoms with Crippen molar-refractivity contribution in [3.63, 3.8) is 0 Å². The first-order valence-corrected chi connectivity index (χ1v) is 12.2. The van der Waals surface area contributed by atoms with E-state index in [9.17, 15) is 13.2 Å². The summed E-state index contributed by atoms with van der Waals surface area (Å²) in [5.74, 6) is 0.300. The van der Waals surface area contributed by atoms with Crippen molar-refractivity contribution in [2.24, 2.45) is 0 Å². The van der Waals surface area contributed by atoms with Crippen molar-refractivity contribution < 1.29 is 22.7 Å². The number of nitrogens with one attached hydrogen (secondary N) is 1. The third kappa shape index (κ3) is 6.43. The van der Waals surface area contributed by atoms with Gasteiger partial charge in [-0.3, -0.25) is 4.79 Å². The summed E-state index contributed by atoms with van der Waals surface area (Å²) in [5, 5.41) is 2.77. The van der Waals surface area contributed by atoms with Gasteiger partial charge in [0.1, 0.15) is 12.4 Å². The summed E-state index contributed by atoms with van der Waals surface area (Å²) in [6.45, 7) is 4.20. The van der Waals surface area contributed by atoms with Gasteiger partial charge in [0, 0.05) is 38.2 Å². The lowest BCUT2D eigenvalue weighted by Crippen LogP contribution is -2.32. The number of amides is 1. The topological polar surface area (TPSA) is 103 Å². The molecule has 0 radical (unpaired) electrons. The van der Waals surface area contributed by atoms with Crippen LogP contribution in [-0.2, 0) is 26.1 Å². The first kappa shape index (κ1) is 25.4. The fraction of sp³-hybridized carbons (Fsp3) is 0.333. The van der Waals surface area contributed by atoms with E-state index in [2.05, 4.69) is 10.3 Å². The van der Waals surface area contributed by atoms with Gasteiger partial charge >= 0.3 is 0 Å². The van der Waals surface area contributed by atoms with Crippen molar-refractivity contribution in [2.45, 2.75) is 25.3 Å². The van der Waals surface area contributed by atoms with Gasteiger partial charge < -0.3 is 19.4 Å². The number of anilines is 1. The average molecular weight is 487 g/mol. The minimum absolute atomic E-state index is 0.0846. The summed E-state index contributed by atoms with van der Waals surface area (Å²) in [4.78, 5) is 16.4. The molecule has 0 bridgehead atoms. The molecule has 0 aliphatic rings. The maximum Gasteiger partial charge on any atom is 0.250 e. The van der Waals surface area contributed by atoms with Gasteiger partial charge in [-0.1, -0.05) is 12.1 Å². The monoisotopic (exact) mass is 486 g/mol. The highest BCUT2D eigenvalue weighted by Gasteiger charge is 2.25. The molecule has 3 rings (SSSR count). The lowest BCUT2D eigenvalue weighted by molar-refractivity contribution is -0.120. The minimum atomic E-state index is -3.71. The number of sulfonamides is 1. The first-order chi connectivity index (χ1) is 16.2. The molecule has 0 aliphatic heterocycles. The normalized spacial score (nSPS) is 11.6. The molecule has 0 saturated carbocycles. The van der Waals surface area contributed by atoms with Crippen LogP contribution in [0.3, 0.4) is 0 Å². The molecule has 3 aromatic rings. The zero-order valence-corrected chi connectivity index (χ0v) is 20.6. The Labute approximate surface area is 200 Å².